The largest absolute Gasteiger partial charge is 0.343 e. The molecule has 1 atom stereocenters. The summed E-state index contributed by atoms with van der Waals surface area (Å²) in [6, 6.07) is 9.66. The molecule has 1 aliphatic carbocycles. The van der Waals surface area contributed by atoms with E-state index in [1.165, 1.54) is 38.1 Å². The highest BCUT2D eigenvalue weighted by atomic mass is 32.2. The maximum atomic E-state index is 11.7. The predicted octanol–water partition coefficient (Wildman–Crippen LogP) is 4.07. The van der Waals surface area contributed by atoms with Crippen molar-refractivity contribution < 1.29 is 8.42 Å². The molecule has 1 N–H and O–H groups in total. The SMILES string of the molecule is CS(=O)(=O)c1ccc(C(CC2CCCC2)c2cc3cccnc3[nH]2)nc1. The summed E-state index contributed by atoms with van der Waals surface area (Å²) in [7, 11) is -3.23. The Hall–Kier alpha value is -2.21. The summed E-state index contributed by atoms with van der Waals surface area (Å²) in [5.41, 5.74) is 2.90. The lowest BCUT2D eigenvalue weighted by Crippen LogP contribution is -2.10. The third kappa shape index (κ3) is 3.51. The van der Waals surface area contributed by atoms with Crippen LogP contribution in [-0.4, -0.2) is 29.6 Å². The summed E-state index contributed by atoms with van der Waals surface area (Å²) in [4.78, 5) is 12.6. The molecule has 0 bridgehead atoms. The molecule has 0 radical (unpaired) electrons. The van der Waals surface area contributed by atoms with Crippen molar-refractivity contribution in [3.05, 3.63) is 54.1 Å². The van der Waals surface area contributed by atoms with E-state index in [9.17, 15) is 8.42 Å². The number of fused-ring (bicyclic) bond motifs is 1. The third-order valence-electron chi connectivity index (χ3n) is 5.38. The van der Waals surface area contributed by atoms with Crippen molar-refractivity contribution in [3.8, 4) is 0 Å². The number of nitrogens with zero attached hydrogens (tertiary/aromatic N) is 2. The number of H-pyrrole nitrogens is 1. The monoisotopic (exact) mass is 369 g/mol. The number of aromatic nitrogens is 3. The van der Waals surface area contributed by atoms with Crippen LogP contribution < -0.4 is 0 Å². The fraction of sp³-hybridized carbons (Fsp3) is 0.400. The summed E-state index contributed by atoms with van der Waals surface area (Å²) in [6.07, 6.45) is 10.6. The Kier molecular flexibility index (Phi) is 4.53. The Morgan fingerprint density at radius 1 is 1.19 bits per heavy atom. The lowest BCUT2D eigenvalue weighted by atomic mass is 9.88. The van der Waals surface area contributed by atoms with Crippen LogP contribution in [0.15, 0.2) is 47.6 Å². The predicted molar refractivity (Wildman–Crippen MR) is 102 cm³/mol. The molecule has 3 heterocycles. The summed E-state index contributed by atoms with van der Waals surface area (Å²) < 4.78 is 23.5. The van der Waals surface area contributed by atoms with Gasteiger partial charge in [0.15, 0.2) is 9.84 Å². The highest BCUT2D eigenvalue weighted by Gasteiger charge is 2.25. The molecular weight excluding hydrogens is 346 g/mol. The smallest absolute Gasteiger partial charge is 0.177 e. The number of aromatic amines is 1. The van der Waals surface area contributed by atoms with Gasteiger partial charge in [-0.2, -0.15) is 0 Å². The molecule has 6 heteroatoms. The number of hydrogen-bond acceptors (Lipinski definition) is 4. The first kappa shape index (κ1) is 17.2. The molecule has 0 spiro atoms. The molecule has 3 aromatic heterocycles. The first-order chi connectivity index (χ1) is 12.5. The van der Waals surface area contributed by atoms with Gasteiger partial charge < -0.3 is 4.98 Å². The van der Waals surface area contributed by atoms with Crippen LogP contribution in [0.1, 0.15) is 49.4 Å². The van der Waals surface area contributed by atoms with Crippen LogP contribution in [0.25, 0.3) is 11.0 Å². The van der Waals surface area contributed by atoms with E-state index in [0.717, 1.165) is 28.8 Å². The number of sulfone groups is 1. The van der Waals surface area contributed by atoms with E-state index in [1.54, 1.807) is 12.3 Å². The Morgan fingerprint density at radius 2 is 2.00 bits per heavy atom. The van der Waals surface area contributed by atoms with Gasteiger partial charge in [-0.3, -0.25) is 4.98 Å². The fourth-order valence-electron chi connectivity index (χ4n) is 3.97. The minimum Gasteiger partial charge on any atom is -0.343 e. The van der Waals surface area contributed by atoms with Gasteiger partial charge in [-0.1, -0.05) is 25.7 Å². The van der Waals surface area contributed by atoms with E-state index >= 15 is 0 Å². The molecule has 26 heavy (non-hydrogen) atoms. The van der Waals surface area contributed by atoms with Crippen LogP contribution >= 0.6 is 0 Å². The first-order valence-electron chi connectivity index (χ1n) is 9.10. The van der Waals surface area contributed by atoms with Gasteiger partial charge >= 0.3 is 0 Å². The summed E-state index contributed by atoms with van der Waals surface area (Å²) in [5.74, 6) is 0.816. The third-order valence-corrected chi connectivity index (χ3v) is 6.47. The molecule has 0 saturated heterocycles. The van der Waals surface area contributed by atoms with Crippen molar-refractivity contribution in [1.29, 1.82) is 0 Å². The number of rotatable bonds is 5. The minimum atomic E-state index is -3.23. The molecule has 1 aliphatic rings. The average Bonchev–Trinajstić information content (AvgIpc) is 3.28. The average molecular weight is 369 g/mol. The van der Waals surface area contributed by atoms with Crippen LogP contribution in [-0.2, 0) is 9.84 Å². The summed E-state index contributed by atoms with van der Waals surface area (Å²) in [6.45, 7) is 0. The van der Waals surface area contributed by atoms with Gasteiger partial charge in [0.1, 0.15) is 5.65 Å². The quantitative estimate of drug-likeness (QED) is 0.735. The van der Waals surface area contributed by atoms with Gasteiger partial charge in [-0.05, 0) is 42.7 Å². The van der Waals surface area contributed by atoms with Crippen LogP contribution in [0.5, 0.6) is 0 Å². The van der Waals surface area contributed by atoms with Gasteiger partial charge in [-0.15, -0.1) is 0 Å². The highest BCUT2D eigenvalue weighted by Crippen LogP contribution is 2.37. The second-order valence-electron chi connectivity index (χ2n) is 7.30. The maximum absolute atomic E-state index is 11.7. The van der Waals surface area contributed by atoms with Crippen LogP contribution in [0.3, 0.4) is 0 Å². The molecule has 0 aromatic carbocycles. The van der Waals surface area contributed by atoms with Crippen molar-refractivity contribution in [2.45, 2.75) is 42.9 Å². The Balaban J connectivity index is 1.72. The van der Waals surface area contributed by atoms with Gasteiger partial charge in [0.05, 0.1) is 4.90 Å². The van der Waals surface area contributed by atoms with Gasteiger partial charge in [0.25, 0.3) is 0 Å². The molecular formula is C20H23N3O2S. The minimum absolute atomic E-state index is 0.126. The normalized spacial score (nSPS) is 17.0. The zero-order chi connectivity index (χ0) is 18.1. The van der Waals surface area contributed by atoms with Gasteiger partial charge in [0, 0.05) is 41.3 Å². The van der Waals surface area contributed by atoms with Gasteiger partial charge in [-0.25, -0.2) is 13.4 Å². The van der Waals surface area contributed by atoms with Crippen molar-refractivity contribution in [2.75, 3.05) is 6.26 Å². The van der Waals surface area contributed by atoms with E-state index < -0.39 is 9.84 Å². The topological polar surface area (TPSA) is 75.7 Å². The van der Waals surface area contributed by atoms with E-state index in [2.05, 4.69) is 27.1 Å². The fourth-order valence-corrected chi connectivity index (χ4v) is 4.53. The molecule has 1 unspecified atom stereocenters. The van der Waals surface area contributed by atoms with Crippen molar-refractivity contribution in [1.82, 2.24) is 15.0 Å². The van der Waals surface area contributed by atoms with E-state index in [-0.39, 0.29) is 10.8 Å². The number of pyridine rings is 2. The van der Waals surface area contributed by atoms with E-state index in [4.69, 9.17) is 0 Å². The highest BCUT2D eigenvalue weighted by molar-refractivity contribution is 7.90. The molecule has 1 fully saturated rings. The van der Waals surface area contributed by atoms with E-state index in [1.807, 2.05) is 12.1 Å². The maximum Gasteiger partial charge on any atom is 0.177 e. The zero-order valence-electron chi connectivity index (χ0n) is 14.9. The second kappa shape index (κ2) is 6.83. The summed E-state index contributed by atoms with van der Waals surface area (Å²) >= 11 is 0. The molecule has 5 nitrogen and oxygen atoms in total. The van der Waals surface area contributed by atoms with Gasteiger partial charge in [0.2, 0.25) is 0 Å². The second-order valence-corrected chi connectivity index (χ2v) is 9.31. The lowest BCUT2D eigenvalue weighted by molar-refractivity contribution is 0.465. The summed E-state index contributed by atoms with van der Waals surface area (Å²) in [5, 5.41) is 1.09. The molecule has 3 aromatic rings. The molecule has 1 saturated carbocycles. The van der Waals surface area contributed by atoms with E-state index in [0.29, 0.717) is 5.92 Å². The molecule has 0 aliphatic heterocycles. The van der Waals surface area contributed by atoms with Crippen LogP contribution in [0.4, 0.5) is 0 Å². The first-order valence-corrected chi connectivity index (χ1v) is 11.0. The number of hydrogen-bond donors (Lipinski definition) is 1. The lowest BCUT2D eigenvalue weighted by Gasteiger charge is -2.19. The molecule has 4 rings (SSSR count). The van der Waals surface area contributed by atoms with Crippen molar-refractivity contribution in [3.63, 3.8) is 0 Å². The van der Waals surface area contributed by atoms with Crippen molar-refractivity contribution in [2.24, 2.45) is 5.92 Å². The molecule has 0 amide bonds. The standard InChI is InChI=1S/C20H23N3O2S/c1-26(24,25)16-8-9-18(22-13-16)17(11-14-5-2-3-6-14)19-12-15-7-4-10-21-20(15)23-19/h4,7-10,12-14,17H,2-3,5-6,11H2,1H3,(H,21,23). The number of nitrogens with one attached hydrogen (secondary N) is 1. The van der Waals surface area contributed by atoms with Crippen LogP contribution in [0, 0.1) is 5.92 Å². The Labute approximate surface area is 153 Å². The van der Waals surface area contributed by atoms with Crippen molar-refractivity contribution >= 4 is 20.9 Å². The Morgan fingerprint density at radius 3 is 2.65 bits per heavy atom. The Bertz CT molecular complexity index is 970. The zero-order valence-corrected chi connectivity index (χ0v) is 15.7. The molecule has 136 valence electrons. The van der Waals surface area contributed by atoms with Crippen LogP contribution in [0.2, 0.25) is 0 Å².